The highest BCUT2D eigenvalue weighted by Gasteiger charge is 2.28. The second-order valence-corrected chi connectivity index (χ2v) is 6.30. The summed E-state index contributed by atoms with van der Waals surface area (Å²) in [5, 5.41) is 5.48. The van der Waals surface area contributed by atoms with E-state index in [9.17, 15) is 4.79 Å². The fourth-order valence-electron chi connectivity index (χ4n) is 1.93. The van der Waals surface area contributed by atoms with Crippen LogP contribution in [0.25, 0.3) is 0 Å². The summed E-state index contributed by atoms with van der Waals surface area (Å²) in [6.45, 7) is 1.92. The van der Waals surface area contributed by atoms with E-state index < -0.39 is 0 Å². The third-order valence-corrected chi connectivity index (χ3v) is 4.98. The molecule has 1 N–H and O–H groups in total. The Bertz CT molecular complexity index is 569. The Morgan fingerprint density at radius 2 is 2.28 bits per heavy atom. The summed E-state index contributed by atoms with van der Waals surface area (Å²) in [5.74, 6) is 0.0468. The van der Waals surface area contributed by atoms with Crippen molar-refractivity contribution in [2.75, 3.05) is 5.32 Å². The summed E-state index contributed by atoms with van der Waals surface area (Å²) in [6.07, 6.45) is 0.803. The molecule has 3 nitrogen and oxygen atoms in total. The van der Waals surface area contributed by atoms with Gasteiger partial charge in [-0.3, -0.25) is 4.79 Å². The lowest BCUT2D eigenvalue weighted by Gasteiger charge is -2.07. The number of amides is 1. The number of hydrogen-bond donors (Lipinski definition) is 1. The summed E-state index contributed by atoms with van der Waals surface area (Å²) in [7, 11) is 0. The summed E-state index contributed by atoms with van der Waals surface area (Å²) in [5.41, 5.74) is 2.20. The van der Waals surface area contributed by atoms with E-state index in [4.69, 9.17) is 0 Å². The largest absolute Gasteiger partial charge is 0.301 e. The highest BCUT2D eigenvalue weighted by atomic mass is 32.2. The number of rotatable bonds is 2. The zero-order valence-corrected chi connectivity index (χ0v) is 11.5. The number of aromatic nitrogens is 1. The minimum atomic E-state index is -0.0355. The number of anilines is 1. The zero-order valence-electron chi connectivity index (χ0n) is 9.84. The molecule has 1 amide bonds. The lowest BCUT2D eigenvalue weighted by molar-refractivity contribution is -0.115. The maximum Gasteiger partial charge on any atom is 0.239 e. The fourth-order valence-corrected chi connectivity index (χ4v) is 3.81. The molecule has 0 radical (unpaired) electrons. The van der Waals surface area contributed by atoms with Gasteiger partial charge < -0.3 is 5.32 Å². The van der Waals surface area contributed by atoms with E-state index in [0.717, 1.165) is 12.1 Å². The number of nitrogens with one attached hydrogen (secondary N) is 1. The predicted octanol–water partition coefficient (Wildman–Crippen LogP) is 3.11. The van der Waals surface area contributed by atoms with E-state index in [-0.39, 0.29) is 11.2 Å². The lowest BCUT2D eigenvalue weighted by atomic mass is 10.1. The molecule has 0 aliphatic carbocycles. The summed E-state index contributed by atoms with van der Waals surface area (Å²) in [4.78, 5) is 17.6. The van der Waals surface area contributed by atoms with Crippen LogP contribution in [0.3, 0.4) is 0 Å². The number of carbonyl (C=O) groups is 1. The van der Waals surface area contributed by atoms with E-state index in [1.54, 1.807) is 11.8 Å². The van der Waals surface area contributed by atoms with Gasteiger partial charge in [0.1, 0.15) is 0 Å². The van der Waals surface area contributed by atoms with Crippen molar-refractivity contribution in [3.63, 3.8) is 0 Å². The zero-order chi connectivity index (χ0) is 12.5. The molecule has 0 spiro atoms. The van der Waals surface area contributed by atoms with Crippen molar-refractivity contribution >= 4 is 34.1 Å². The molecule has 0 saturated carbocycles. The van der Waals surface area contributed by atoms with Gasteiger partial charge in [-0.05, 0) is 25.0 Å². The quantitative estimate of drug-likeness (QED) is 0.916. The van der Waals surface area contributed by atoms with E-state index in [1.807, 2.05) is 24.4 Å². The van der Waals surface area contributed by atoms with Crippen molar-refractivity contribution in [1.82, 2.24) is 4.98 Å². The Kier molecular flexibility index (Phi) is 3.09. The minimum absolute atomic E-state index is 0.0355. The first-order valence-corrected chi connectivity index (χ1v) is 7.46. The van der Waals surface area contributed by atoms with Crippen molar-refractivity contribution in [2.24, 2.45) is 0 Å². The standard InChI is InChI=1S/C13H12N2OS2/c1-8-7-17-13(14-8)15-12(16)11-6-9-4-2-3-5-10(9)18-11/h2-5,7,11H,6H2,1H3,(H,14,15,16). The Morgan fingerprint density at radius 3 is 3.00 bits per heavy atom. The van der Waals surface area contributed by atoms with Crippen molar-refractivity contribution < 1.29 is 4.79 Å². The SMILES string of the molecule is Cc1csc(NC(=O)C2Cc3ccccc3S2)n1. The Hall–Kier alpha value is -1.33. The molecule has 1 aliphatic heterocycles. The number of hydrogen-bond acceptors (Lipinski definition) is 4. The highest BCUT2D eigenvalue weighted by Crippen LogP contribution is 2.37. The third kappa shape index (κ3) is 2.28. The van der Waals surface area contributed by atoms with Gasteiger partial charge in [0.05, 0.1) is 10.9 Å². The Labute approximate surface area is 114 Å². The van der Waals surface area contributed by atoms with Crippen LogP contribution in [0.15, 0.2) is 34.5 Å². The van der Waals surface area contributed by atoms with Crippen molar-refractivity contribution in [1.29, 1.82) is 0 Å². The topological polar surface area (TPSA) is 42.0 Å². The van der Waals surface area contributed by atoms with E-state index in [2.05, 4.69) is 22.4 Å². The molecule has 1 aliphatic rings. The molecule has 1 atom stereocenters. The van der Waals surface area contributed by atoms with Crippen molar-refractivity contribution in [3.8, 4) is 0 Å². The number of fused-ring (bicyclic) bond motifs is 1. The molecule has 0 saturated heterocycles. The lowest BCUT2D eigenvalue weighted by Crippen LogP contribution is -2.24. The molecule has 0 bridgehead atoms. The van der Waals surface area contributed by atoms with Crippen LogP contribution in [-0.2, 0) is 11.2 Å². The second kappa shape index (κ2) is 4.74. The molecule has 3 rings (SSSR count). The maximum absolute atomic E-state index is 12.1. The summed E-state index contributed by atoms with van der Waals surface area (Å²) < 4.78 is 0. The highest BCUT2D eigenvalue weighted by molar-refractivity contribution is 8.01. The van der Waals surface area contributed by atoms with Gasteiger partial charge in [0.15, 0.2) is 5.13 Å². The minimum Gasteiger partial charge on any atom is -0.301 e. The van der Waals surface area contributed by atoms with E-state index >= 15 is 0 Å². The van der Waals surface area contributed by atoms with Gasteiger partial charge >= 0.3 is 0 Å². The smallest absolute Gasteiger partial charge is 0.239 e. The second-order valence-electron chi connectivity index (χ2n) is 4.20. The third-order valence-electron chi connectivity index (χ3n) is 2.79. The molecule has 5 heteroatoms. The Balaban J connectivity index is 1.69. The van der Waals surface area contributed by atoms with Gasteiger partial charge in [0.25, 0.3) is 0 Å². The van der Waals surface area contributed by atoms with Crippen molar-refractivity contribution in [2.45, 2.75) is 23.5 Å². The predicted molar refractivity (Wildman–Crippen MR) is 75.3 cm³/mol. The first-order chi connectivity index (χ1) is 8.72. The van der Waals surface area contributed by atoms with E-state index in [1.165, 1.54) is 21.8 Å². The number of thioether (sulfide) groups is 1. The number of carbonyl (C=O) groups excluding carboxylic acids is 1. The molecule has 1 aromatic carbocycles. The van der Waals surface area contributed by atoms with Crippen LogP contribution >= 0.6 is 23.1 Å². The monoisotopic (exact) mass is 276 g/mol. The molecule has 1 unspecified atom stereocenters. The molecular formula is C13H12N2OS2. The van der Waals surface area contributed by atoms with Gasteiger partial charge in [-0.25, -0.2) is 4.98 Å². The van der Waals surface area contributed by atoms with Crippen LogP contribution in [0.1, 0.15) is 11.3 Å². The molecule has 92 valence electrons. The van der Waals surface area contributed by atoms with Gasteiger partial charge in [-0.1, -0.05) is 18.2 Å². The molecule has 0 fully saturated rings. The summed E-state index contributed by atoms with van der Waals surface area (Å²) >= 11 is 3.10. The van der Waals surface area contributed by atoms with Gasteiger partial charge in [-0.2, -0.15) is 0 Å². The summed E-state index contributed by atoms with van der Waals surface area (Å²) in [6, 6.07) is 8.18. The number of nitrogens with zero attached hydrogens (tertiary/aromatic N) is 1. The average molecular weight is 276 g/mol. The van der Waals surface area contributed by atoms with Crippen LogP contribution in [0.2, 0.25) is 0 Å². The molecule has 2 aromatic rings. The van der Waals surface area contributed by atoms with Gasteiger partial charge in [-0.15, -0.1) is 23.1 Å². The first kappa shape index (κ1) is 11.7. The first-order valence-electron chi connectivity index (χ1n) is 5.70. The Morgan fingerprint density at radius 1 is 1.44 bits per heavy atom. The van der Waals surface area contributed by atoms with Crippen LogP contribution in [0.4, 0.5) is 5.13 Å². The molecule has 18 heavy (non-hydrogen) atoms. The van der Waals surface area contributed by atoms with Crippen LogP contribution in [0, 0.1) is 6.92 Å². The van der Waals surface area contributed by atoms with Crippen LogP contribution < -0.4 is 5.32 Å². The fraction of sp³-hybridized carbons (Fsp3) is 0.231. The average Bonchev–Trinajstić information content (AvgIpc) is 2.95. The van der Waals surface area contributed by atoms with Crippen LogP contribution in [0.5, 0.6) is 0 Å². The number of thiazole rings is 1. The molecular weight excluding hydrogens is 264 g/mol. The molecule has 1 aromatic heterocycles. The number of benzene rings is 1. The van der Waals surface area contributed by atoms with Crippen molar-refractivity contribution in [3.05, 3.63) is 40.9 Å². The maximum atomic E-state index is 12.1. The van der Waals surface area contributed by atoms with E-state index in [0.29, 0.717) is 5.13 Å². The normalized spacial score (nSPS) is 17.5. The van der Waals surface area contributed by atoms with Gasteiger partial charge in [0.2, 0.25) is 5.91 Å². The van der Waals surface area contributed by atoms with Crippen LogP contribution in [-0.4, -0.2) is 16.1 Å². The molecule has 2 heterocycles. The number of aryl methyl sites for hydroxylation is 1. The van der Waals surface area contributed by atoms with Gasteiger partial charge in [0, 0.05) is 10.3 Å².